The topological polar surface area (TPSA) is 20.2 Å². The fraction of sp³-hybridized carbons (Fsp3) is 0.231. The van der Waals surface area contributed by atoms with Gasteiger partial charge in [-0.25, -0.2) is 0 Å². The SMILES string of the molecule is C=CC(=C)CC(C)(O)c1ccccc1. The first-order valence-corrected chi connectivity index (χ1v) is 4.64. The van der Waals surface area contributed by atoms with E-state index in [4.69, 9.17) is 0 Å². The van der Waals surface area contributed by atoms with E-state index in [9.17, 15) is 5.11 Å². The average Bonchev–Trinajstić information content (AvgIpc) is 2.18. The Hall–Kier alpha value is -1.34. The van der Waals surface area contributed by atoms with Crippen molar-refractivity contribution in [2.24, 2.45) is 0 Å². The third-order valence-electron chi connectivity index (χ3n) is 2.26. The summed E-state index contributed by atoms with van der Waals surface area (Å²) in [5, 5.41) is 10.2. The smallest absolute Gasteiger partial charge is 0.0908 e. The molecule has 0 radical (unpaired) electrons. The zero-order chi connectivity index (χ0) is 10.6. The lowest BCUT2D eigenvalue weighted by Crippen LogP contribution is -2.21. The Morgan fingerprint density at radius 2 is 2.00 bits per heavy atom. The van der Waals surface area contributed by atoms with E-state index in [0.29, 0.717) is 6.42 Å². The Kier molecular flexibility index (Phi) is 3.26. The summed E-state index contributed by atoms with van der Waals surface area (Å²) >= 11 is 0. The number of allylic oxidation sites excluding steroid dienone is 1. The molecule has 0 aliphatic heterocycles. The molecule has 0 aromatic heterocycles. The molecule has 0 heterocycles. The second-order valence-electron chi connectivity index (χ2n) is 3.68. The summed E-state index contributed by atoms with van der Waals surface area (Å²) in [7, 11) is 0. The van der Waals surface area contributed by atoms with Gasteiger partial charge < -0.3 is 5.11 Å². The van der Waals surface area contributed by atoms with Gasteiger partial charge in [0.25, 0.3) is 0 Å². The van der Waals surface area contributed by atoms with Gasteiger partial charge in [-0.05, 0) is 12.5 Å². The van der Waals surface area contributed by atoms with Gasteiger partial charge in [0.1, 0.15) is 0 Å². The fourth-order valence-corrected chi connectivity index (χ4v) is 1.41. The Labute approximate surface area is 85.4 Å². The van der Waals surface area contributed by atoms with Gasteiger partial charge in [0.2, 0.25) is 0 Å². The van der Waals surface area contributed by atoms with Crippen LogP contribution >= 0.6 is 0 Å². The van der Waals surface area contributed by atoms with Crippen LogP contribution in [0.5, 0.6) is 0 Å². The minimum absolute atomic E-state index is 0.514. The van der Waals surface area contributed by atoms with Crippen LogP contribution in [0.15, 0.2) is 55.1 Å². The van der Waals surface area contributed by atoms with Crippen molar-refractivity contribution in [2.45, 2.75) is 18.9 Å². The average molecular weight is 188 g/mol. The first-order valence-electron chi connectivity index (χ1n) is 4.64. The molecule has 1 heteroatoms. The molecule has 0 spiro atoms. The van der Waals surface area contributed by atoms with E-state index in [1.165, 1.54) is 0 Å². The van der Waals surface area contributed by atoms with Crippen LogP contribution in [0, 0.1) is 0 Å². The van der Waals surface area contributed by atoms with Crippen LogP contribution < -0.4 is 0 Å². The normalized spacial score (nSPS) is 14.4. The molecule has 1 nitrogen and oxygen atoms in total. The van der Waals surface area contributed by atoms with Gasteiger partial charge in [-0.3, -0.25) is 0 Å². The monoisotopic (exact) mass is 188 g/mol. The summed E-state index contributed by atoms with van der Waals surface area (Å²) in [5.74, 6) is 0. The van der Waals surface area contributed by atoms with Crippen LogP contribution in [0.3, 0.4) is 0 Å². The Bertz CT molecular complexity index is 322. The number of hydrogen-bond acceptors (Lipinski definition) is 1. The molecule has 0 fully saturated rings. The maximum atomic E-state index is 10.2. The van der Waals surface area contributed by atoms with Crippen molar-refractivity contribution in [3.05, 3.63) is 60.7 Å². The summed E-state index contributed by atoms with van der Waals surface area (Å²) in [5.41, 5.74) is 0.897. The minimum atomic E-state index is -0.855. The molecular formula is C13H16O. The fourth-order valence-electron chi connectivity index (χ4n) is 1.41. The quantitative estimate of drug-likeness (QED) is 0.720. The molecule has 0 saturated heterocycles. The van der Waals surface area contributed by atoms with Crippen molar-refractivity contribution in [3.8, 4) is 0 Å². The number of rotatable bonds is 4. The van der Waals surface area contributed by atoms with Crippen molar-refractivity contribution in [3.63, 3.8) is 0 Å². The van der Waals surface area contributed by atoms with Crippen molar-refractivity contribution < 1.29 is 5.11 Å². The van der Waals surface area contributed by atoms with E-state index < -0.39 is 5.60 Å². The van der Waals surface area contributed by atoms with E-state index >= 15 is 0 Å². The van der Waals surface area contributed by atoms with E-state index in [1.807, 2.05) is 30.3 Å². The second-order valence-corrected chi connectivity index (χ2v) is 3.68. The molecule has 0 amide bonds. The maximum Gasteiger partial charge on any atom is 0.0908 e. The van der Waals surface area contributed by atoms with Gasteiger partial charge in [0.15, 0.2) is 0 Å². The lowest BCUT2D eigenvalue weighted by molar-refractivity contribution is 0.0586. The molecule has 1 aromatic rings. The molecule has 0 bridgehead atoms. The van der Waals surface area contributed by atoms with E-state index in [1.54, 1.807) is 13.0 Å². The lowest BCUT2D eigenvalue weighted by atomic mass is 9.89. The molecule has 14 heavy (non-hydrogen) atoms. The summed E-state index contributed by atoms with van der Waals surface area (Å²) in [6, 6.07) is 9.59. The third-order valence-corrected chi connectivity index (χ3v) is 2.26. The molecule has 1 N–H and O–H groups in total. The van der Waals surface area contributed by atoms with Crippen LogP contribution in [0.1, 0.15) is 18.9 Å². The highest BCUT2D eigenvalue weighted by molar-refractivity contribution is 5.25. The largest absolute Gasteiger partial charge is 0.385 e. The Morgan fingerprint density at radius 1 is 1.43 bits per heavy atom. The zero-order valence-corrected chi connectivity index (χ0v) is 8.53. The highest BCUT2D eigenvalue weighted by atomic mass is 16.3. The van der Waals surface area contributed by atoms with Crippen molar-refractivity contribution in [1.82, 2.24) is 0 Å². The first kappa shape index (κ1) is 10.7. The molecule has 74 valence electrons. The highest BCUT2D eigenvalue weighted by Crippen LogP contribution is 2.27. The number of hydrogen-bond donors (Lipinski definition) is 1. The molecule has 0 saturated carbocycles. The van der Waals surface area contributed by atoms with Gasteiger partial charge in [-0.1, -0.05) is 55.1 Å². The van der Waals surface area contributed by atoms with Gasteiger partial charge in [0.05, 0.1) is 5.60 Å². The predicted molar refractivity (Wildman–Crippen MR) is 60.0 cm³/mol. The number of aliphatic hydroxyl groups is 1. The molecule has 1 atom stereocenters. The zero-order valence-electron chi connectivity index (χ0n) is 8.53. The molecule has 1 unspecified atom stereocenters. The van der Waals surface area contributed by atoms with Crippen molar-refractivity contribution in [2.75, 3.05) is 0 Å². The van der Waals surface area contributed by atoms with Crippen LogP contribution in [-0.2, 0) is 5.60 Å². The molecular weight excluding hydrogens is 172 g/mol. The molecule has 0 aliphatic carbocycles. The van der Waals surface area contributed by atoms with Gasteiger partial charge >= 0.3 is 0 Å². The van der Waals surface area contributed by atoms with Gasteiger partial charge in [-0.15, -0.1) is 0 Å². The van der Waals surface area contributed by atoms with Crippen LogP contribution in [0.4, 0.5) is 0 Å². The molecule has 1 rings (SSSR count). The minimum Gasteiger partial charge on any atom is -0.385 e. The van der Waals surface area contributed by atoms with Crippen LogP contribution in [0.25, 0.3) is 0 Å². The predicted octanol–water partition coefficient (Wildman–Crippen LogP) is 3.03. The molecule has 0 aliphatic rings. The number of benzene rings is 1. The van der Waals surface area contributed by atoms with Crippen LogP contribution in [0.2, 0.25) is 0 Å². The summed E-state index contributed by atoms with van der Waals surface area (Å²) in [6.45, 7) is 9.22. The lowest BCUT2D eigenvalue weighted by Gasteiger charge is -2.23. The first-order chi connectivity index (χ1) is 6.56. The Morgan fingerprint density at radius 3 is 2.50 bits per heavy atom. The summed E-state index contributed by atoms with van der Waals surface area (Å²) in [4.78, 5) is 0. The standard InChI is InChI=1S/C13H16O/c1-4-11(2)10-13(3,14)12-8-6-5-7-9-12/h4-9,14H,1-2,10H2,3H3. The summed E-state index contributed by atoms with van der Waals surface area (Å²) < 4.78 is 0. The van der Waals surface area contributed by atoms with Crippen molar-refractivity contribution in [1.29, 1.82) is 0 Å². The van der Waals surface area contributed by atoms with Crippen LogP contribution in [-0.4, -0.2) is 5.11 Å². The highest BCUT2D eigenvalue weighted by Gasteiger charge is 2.22. The second kappa shape index (κ2) is 4.25. The van der Waals surface area contributed by atoms with E-state index in [-0.39, 0.29) is 0 Å². The van der Waals surface area contributed by atoms with E-state index in [0.717, 1.165) is 11.1 Å². The molecule has 1 aromatic carbocycles. The van der Waals surface area contributed by atoms with Gasteiger partial charge in [0, 0.05) is 6.42 Å². The maximum absolute atomic E-state index is 10.2. The van der Waals surface area contributed by atoms with Crippen molar-refractivity contribution >= 4 is 0 Å². The third kappa shape index (κ3) is 2.57. The van der Waals surface area contributed by atoms with Gasteiger partial charge in [-0.2, -0.15) is 0 Å². The van der Waals surface area contributed by atoms with E-state index in [2.05, 4.69) is 13.2 Å². The Balaban J connectivity index is 2.85. The summed E-state index contributed by atoms with van der Waals surface area (Å²) in [6.07, 6.45) is 2.19.